The van der Waals surface area contributed by atoms with E-state index in [1.165, 1.54) is 12.4 Å². The van der Waals surface area contributed by atoms with Gasteiger partial charge in [0, 0.05) is 10.7 Å². The summed E-state index contributed by atoms with van der Waals surface area (Å²) < 4.78 is 0.486. The number of aromatic nitrogens is 2. The molecule has 0 saturated heterocycles. The van der Waals surface area contributed by atoms with Gasteiger partial charge in [-0.3, -0.25) is 0 Å². The Bertz CT molecular complexity index is 664. The van der Waals surface area contributed by atoms with Crippen LogP contribution in [-0.2, 0) is 6.54 Å². The van der Waals surface area contributed by atoms with E-state index in [-0.39, 0.29) is 17.8 Å². The summed E-state index contributed by atoms with van der Waals surface area (Å²) in [5, 5.41) is 14.2. The van der Waals surface area contributed by atoms with Crippen LogP contribution in [0.15, 0.2) is 41.3 Å². The third-order valence-electron chi connectivity index (χ3n) is 2.56. The summed E-state index contributed by atoms with van der Waals surface area (Å²) in [6.07, 6.45) is 2.95. The van der Waals surface area contributed by atoms with Gasteiger partial charge in [-0.25, -0.2) is 19.6 Å². The van der Waals surface area contributed by atoms with Gasteiger partial charge in [-0.1, -0.05) is 6.07 Å². The summed E-state index contributed by atoms with van der Waals surface area (Å²) in [6, 6.07) is 5.78. The van der Waals surface area contributed by atoms with Crippen molar-refractivity contribution in [2.24, 2.45) is 0 Å². The maximum Gasteiger partial charge on any atom is 0.337 e. The number of aromatic carboxylic acids is 1. The minimum Gasteiger partial charge on any atom is -0.478 e. The first-order valence-corrected chi connectivity index (χ1v) is 6.69. The number of rotatable bonds is 4. The molecule has 1 aromatic heterocycles. The van der Waals surface area contributed by atoms with Gasteiger partial charge >= 0.3 is 12.0 Å². The molecule has 2 aromatic rings. The van der Waals surface area contributed by atoms with Crippen molar-refractivity contribution in [3.05, 3.63) is 52.5 Å². The van der Waals surface area contributed by atoms with E-state index in [0.29, 0.717) is 10.2 Å². The smallest absolute Gasteiger partial charge is 0.337 e. The predicted molar refractivity (Wildman–Crippen MR) is 79.0 cm³/mol. The minimum absolute atomic E-state index is 0.00145. The third-order valence-corrected chi connectivity index (χ3v) is 3.22. The van der Waals surface area contributed by atoms with Gasteiger partial charge in [0.2, 0.25) is 0 Å². The Morgan fingerprint density at radius 3 is 2.76 bits per heavy atom. The molecule has 0 spiro atoms. The fourth-order valence-electron chi connectivity index (χ4n) is 1.58. The van der Waals surface area contributed by atoms with Crippen LogP contribution in [0.5, 0.6) is 0 Å². The number of nitrogens with zero attached hydrogens (tertiary/aromatic N) is 2. The number of carbonyl (C=O) groups is 2. The lowest BCUT2D eigenvalue weighted by Crippen LogP contribution is -2.29. The number of para-hydroxylation sites is 1. The lowest BCUT2D eigenvalue weighted by Gasteiger charge is -2.11. The molecule has 7 nitrogen and oxygen atoms in total. The summed E-state index contributed by atoms with van der Waals surface area (Å²) in [5.41, 5.74) is 0.845. The average Bonchev–Trinajstić information content (AvgIpc) is 2.48. The first kappa shape index (κ1) is 14.9. The van der Waals surface area contributed by atoms with E-state index < -0.39 is 12.0 Å². The van der Waals surface area contributed by atoms with E-state index in [0.717, 1.165) is 0 Å². The molecule has 8 heteroatoms. The molecule has 1 aromatic carbocycles. The number of carboxylic acids is 1. The van der Waals surface area contributed by atoms with Crippen LogP contribution in [0.2, 0.25) is 0 Å². The summed E-state index contributed by atoms with van der Waals surface area (Å²) in [7, 11) is 0. The fourth-order valence-corrected chi connectivity index (χ4v) is 2.05. The lowest BCUT2D eigenvalue weighted by atomic mass is 10.2. The number of urea groups is 1. The normalized spacial score (nSPS) is 9.95. The number of carboxylic acid groups (broad SMARTS) is 1. The van der Waals surface area contributed by atoms with Crippen molar-refractivity contribution >= 4 is 33.6 Å². The van der Waals surface area contributed by atoms with Gasteiger partial charge in [-0.15, -0.1) is 0 Å². The number of hydrogen-bond donors (Lipinski definition) is 3. The molecule has 0 bridgehead atoms. The highest BCUT2D eigenvalue weighted by molar-refractivity contribution is 9.10. The van der Waals surface area contributed by atoms with Crippen LogP contribution in [-0.4, -0.2) is 27.1 Å². The molecule has 108 valence electrons. The average molecular weight is 351 g/mol. The largest absolute Gasteiger partial charge is 0.478 e. The standard InChI is InChI=1S/C13H11BrN4O3/c14-10-3-1-2-9(12(19)20)11(10)18-13(21)16-6-8-4-5-15-7-17-8/h1-5,7H,6H2,(H,19,20)(H2,16,18,21). The predicted octanol–water partition coefficient (Wildman–Crippen LogP) is 2.26. The molecule has 0 aliphatic rings. The summed E-state index contributed by atoms with van der Waals surface area (Å²) >= 11 is 3.21. The first-order chi connectivity index (χ1) is 10.1. The van der Waals surface area contributed by atoms with E-state index >= 15 is 0 Å². The molecular formula is C13H11BrN4O3. The van der Waals surface area contributed by atoms with Crippen molar-refractivity contribution in [3.63, 3.8) is 0 Å². The maximum absolute atomic E-state index is 11.8. The molecular weight excluding hydrogens is 340 g/mol. The summed E-state index contributed by atoms with van der Waals surface area (Å²) in [6.45, 7) is 0.210. The molecule has 0 atom stereocenters. The molecule has 3 N–H and O–H groups in total. The molecule has 21 heavy (non-hydrogen) atoms. The topological polar surface area (TPSA) is 104 Å². The van der Waals surface area contributed by atoms with Crippen molar-refractivity contribution in [2.45, 2.75) is 6.54 Å². The maximum atomic E-state index is 11.8. The number of halogens is 1. The van der Waals surface area contributed by atoms with Crippen molar-refractivity contribution < 1.29 is 14.7 Å². The third kappa shape index (κ3) is 3.99. The van der Waals surface area contributed by atoms with Crippen LogP contribution in [0.25, 0.3) is 0 Å². The van der Waals surface area contributed by atoms with Crippen molar-refractivity contribution in [2.75, 3.05) is 5.32 Å². The zero-order valence-corrected chi connectivity index (χ0v) is 12.3. The zero-order valence-electron chi connectivity index (χ0n) is 10.7. The molecule has 0 saturated carbocycles. The van der Waals surface area contributed by atoms with Crippen LogP contribution in [0, 0.1) is 0 Å². The number of hydrogen-bond acceptors (Lipinski definition) is 4. The molecule has 0 fully saturated rings. The highest BCUT2D eigenvalue weighted by Gasteiger charge is 2.15. The highest BCUT2D eigenvalue weighted by atomic mass is 79.9. The number of nitrogens with one attached hydrogen (secondary N) is 2. The Morgan fingerprint density at radius 2 is 2.10 bits per heavy atom. The minimum atomic E-state index is -1.12. The van der Waals surface area contributed by atoms with E-state index in [1.54, 1.807) is 24.4 Å². The Labute approximate surface area is 128 Å². The van der Waals surface area contributed by atoms with Crippen LogP contribution in [0.1, 0.15) is 16.1 Å². The van der Waals surface area contributed by atoms with Gasteiger partial charge in [0.1, 0.15) is 6.33 Å². The summed E-state index contributed by atoms with van der Waals surface area (Å²) in [5.74, 6) is -1.12. The lowest BCUT2D eigenvalue weighted by molar-refractivity contribution is 0.0698. The fraction of sp³-hybridized carbons (Fsp3) is 0.0769. The molecule has 0 radical (unpaired) electrons. The zero-order chi connectivity index (χ0) is 15.2. The van der Waals surface area contributed by atoms with Crippen molar-refractivity contribution in [1.82, 2.24) is 15.3 Å². The second-order valence-corrected chi connectivity index (χ2v) is 4.83. The quantitative estimate of drug-likeness (QED) is 0.784. The first-order valence-electron chi connectivity index (χ1n) is 5.89. The molecule has 2 rings (SSSR count). The van der Waals surface area contributed by atoms with Crippen molar-refractivity contribution in [3.8, 4) is 0 Å². The van der Waals surface area contributed by atoms with Gasteiger partial charge in [-0.2, -0.15) is 0 Å². The van der Waals surface area contributed by atoms with E-state index in [2.05, 4.69) is 36.5 Å². The number of amides is 2. The molecule has 2 amide bonds. The van der Waals surface area contributed by atoms with Gasteiger partial charge in [-0.05, 0) is 34.1 Å². The molecule has 0 aliphatic carbocycles. The highest BCUT2D eigenvalue weighted by Crippen LogP contribution is 2.26. The van der Waals surface area contributed by atoms with Gasteiger partial charge in [0.05, 0.1) is 23.5 Å². The van der Waals surface area contributed by atoms with E-state index in [9.17, 15) is 9.59 Å². The Kier molecular flexibility index (Phi) is 4.83. The number of benzene rings is 1. The Balaban J connectivity index is 2.05. The van der Waals surface area contributed by atoms with E-state index in [4.69, 9.17) is 5.11 Å². The monoisotopic (exact) mass is 350 g/mol. The second kappa shape index (κ2) is 6.80. The van der Waals surface area contributed by atoms with Gasteiger partial charge < -0.3 is 15.7 Å². The Hall–Kier alpha value is -2.48. The number of carbonyl (C=O) groups excluding carboxylic acids is 1. The molecule has 0 aliphatic heterocycles. The Morgan fingerprint density at radius 1 is 1.29 bits per heavy atom. The molecule has 0 unspecified atom stereocenters. The van der Waals surface area contributed by atoms with Gasteiger partial charge in [0.25, 0.3) is 0 Å². The SMILES string of the molecule is O=C(NCc1ccncn1)Nc1c(Br)cccc1C(=O)O. The van der Waals surface area contributed by atoms with Crippen LogP contribution in [0.4, 0.5) is 10.5 Å². The van der Waals surface area contributed by atoms with Crippen molar-refractivity contribution in [1.29, 1.82) is 0 Å². The number of anilines is 1. The van der Waals surface area contributed by atoms with Crippen LogP contribution < -0.4 is 10.6 Å². The van der Waals surface area contributed by atoms with Crippen LogP contribution >= 0.6 is 15.9 Å². The summed E-state index contributed by atoms with van der Waals surface area (Å²) in [4.78, 5) is 30.7. The molecule has 1 heterocycles. The second-order valence-electron chi connectivity index (χ2n) is 3.98. The van der Waals surface area contributed by atoms with Crippen LogP contribution in [0.3, 0.4) is 0 Å². The van der Waals surface area contributed by atoms with E-state index in [1.807, 2.05) is 0 Å². The van der Waals surface area contributed by atoms with Gasteiger partial charge in [0.15, 0.2) is 0 Å².